The molecule has 3 amide bonds. The van der Waals surface area contributed by atoms with E-state index in [1.54, 1.807) is 58.0 Å². The minimum atomic E-state index is -1.16. The summed E-state index contributed by atoms with van der Waals surface area (Å²) in [6, 6.07) is 9.00. The number of urea groups is 1. The first-order chi connectivity index (χ1) is 21.3. The minimum absolute atomic E-state index is 0.0819. The normalized spacial score (nSPS) is 21.8. The molecule has 1 saturated carbocycles. The molecule has 3 aliphatic rings. The molecule has 45 heavy (non-hydrogen) atoms. The molecular weight excluding hydrogens is 577 g/mol. The Labute approximate surface area is 262 Å². The minimum Gasteiger partial charge on any atom is -0.490 e. The zero-order chi connectivity index (χ0) is 32.2. The van der Waals surface area contributed by atoms with Crippen molar-refractivity contribution in [3.05, 3.63) is 75.5 Å². The molecule has 2 aromatic carbocycles. The number of aliphatic hydroxyl groups is 1. The van der Waals surface area contributed by atoms with Crippen molar-refractivity contribution in [2.24, 2.45) is 7.05 Å². The summed E-state index contributed by atoms with van der Waals surface area (Å²) in [5, 5.41) is 10.9. The molecule has 9 nitrogen and oxygen atoms in total. The highest BCUT2D eigenvalue weighted by Crippen LogP contribution is 2.43. The fourth-order valence-corrected chi connectivity index (χ4v) is 6.87. The summed E-state index contributed by atoms with van der Waals surface area (Å²) in [4.78, 5) is 42.0. The highest BCUT2D eigenvalue weighted by molar-refractivity contribution is 6.04. The standard InChI is InChI=1S/C35H40FN3O6/c1-20-15-23(36)16-21(2)32(20)45-29-13-8-22(35(3,4)43)17-26(29)27-19-37(5)31(40)18-30(27)44-25-11-9-24(10-12-25)39-33(41)28-7-6-14-38(28)34(39)42/h8,13,15-19,24-25,28,43H,6-7,9-12,14H2,1-5H3/t24?,25?,28-/m1/s1. The second-order valence-corrected chi connectivity index (χ2v) is 13.1. The van der Waals surface area contributed by atoms with Crippen LogP contribution in [0.4, 0.5) is 9.18 Å². The smallest absolute Gasteiger partial charge is 0.327 e. The summed E-state index contributed by atoms with van der Waals surface area (Å²) in [6.45, 7) is 7.58. The van der Waals surface area contributed by atoms with Gasteiger partial charge in [-0.1, -0.05) is 6.07 Å². The first-order valence-corrected chi connectivity index (χ1v) is 15.6. The Morgan fingerprint density at radius 2 is 1.60 bits per heavy atom. The third kappa shape index (κ3) is 5.83. The van der Waals surface area contributed by atoms with Crippen LogP contribution in [0.3, 0.4) is 0 Å². The fraction of sp³-hybridized carbons (Fsp3) is 0.457. The predicted molar refractivity (Wildman–Crippen MR) is 167 cm³/mol. The number of amides is 3. The van der Waals surface area contributed by atoms with Crippen LogP contribution < -0.4 is 15.0 Å². The molecule has 1 aliphatic carbocycles. The van der Waals surface area contributed by atoms with E-state index in [4.69, 9.17) is 9.47 Å². The van der Waals surface area contributed by atoms with Crippen molar-refractivity contribution in [2.45, 2.75) is 90.0 Å². The van der Waals surface area contributed by atoms with Crippen LogP contribution in [-0.4, -0.2) is 56.1 Å². The van der Waals surface area contributed by atoms with E-state index in [-0.39, 0.29) is 41.5 Å². The number of aromatic nitrogens is 1. The van der Waals surface area contributed by atoms with Crippen molar-refractivity contribution < 1.29 is 28.6 Å². The van der Waals surface area contributed by atoms with Gasteiger partial charge in [0.25, 0.3) is 11.5 Å². The topological polar surface area (TPSA) is 101 Å². The second-order valence-electron chi connectivity index (χ2n) is 13.1. The first-order valence-electron chi connectivity index (χ1n) is 15.6. The summed E-state index contributed by atoms with van der Waals surface area (Å²) in [5.74, 6) is 0.921. The van der Waals surface area contributed by atoms with Gasteiger partial charge in [0, 0.05) is 43.0 Å². The Hall–Kier alpha value is -4.18. The lowest BCUT2D eigenvalue weighted by Gasteiger charge is -2.34. The molecule has 10 heteroatoms. The largest absolute Gasteiger partial charge is 0.490 e. The third-order valence-corrected chi connectivity index (χ3v) is 9.33. The summed E-state index contributed by atoms with van der Waals surface area (Å²) in [7, 11) is 1.66. The lowest BCUT2D eigenvalue weighted by atomic mass is 9.91. The Balaban J connectivity index is 1.31. The Bertz CT molecular complexity index is 1670. The van der Waals surface area contributed by atoms with Crippen LogP contribution in [0.2, 0.25) is 0 Å². The predicted octanol–water partition coefficient (Wildman–Crippen LogP) is 5.94. The van der Waals surface area contributed by atoms with Gasteiger partial charge in [0.05, 0.1) is 11.7 Å². The number of aryl methyl sites for hydroxylation is 3. The van der Waals surface area contributed by atoms with E-state index in [1.807, 2.05) is 6.07 Å². The van der Waals surface area contributed by atoms with Crippen molar-refractivity contribution in [1.29, 1.82) is 0 Å². The van der Waals surface area contributed by atoms with Gasteiger partial charge in [0.2, 0.25) is 0 Å². The van der Waals surface area contributed by atoms with E-state index < -0.39 is 5.60 Å². The number of rotatable bonds is 7. The molecule has 0 bridgehead atoms. The van der Waals surface area contributed by atoms with Gasteiger partial charge < -0.3 is 24.0 Å². The number of hydrogen-bond acceptors (Lipinski definition) is 6. The van der Waals surface area contributed by atoms with Crippen molar-refractivity contribution in [2.75, 3.05) is 6.54 Å². The molecule has 2 saturated heterocycles. The fourth-order valence-electron chi connectivity index (χ4n) is 6.87. The lowest BCUT2D eigenvalue weighted by Crippen LogP contribution is -2.44. The van der Waals surface area contributed by atoms with E-state index in [2.05, 4.69) is 0 Å². The molecule has 238 valence electrons. The second kappa shape index (κ2) is 11.6. The van der Waals surface area contributed by atoms with Gasteiger partial charge in [-0.05, 0) is 107 Å². The average molecular weight is 618 g/mol. The van der Waals surface area contributed by atoms with Crippen molar-refractivity contribution in [1.82, 2.24) is 14.4 Å². The molecule has 6 rings (SSSR count). The van der Waals surface area contributed by atoms with Crippen LogP contribution >= 0.6 is 0 Å². The van der Waals surface area contributed by atoms with Crippen LogP contribution in [0.15, 0.2) is 47.4 Å². The number of imide groups is 1. The molecule has 1 N–H and O–H groups in total. The van der Waals surface area contributed by atoms with E-state index in [0.29, 0.717) is 77.3 Å². The number of nitrogens with zero attached hydrogens (tertiary/aromatic N) is 3. The van der Waals surface area contributed by atoms with E-state index >= 15 is 0 Å². The Morgan fingerprint density at radius 3 is 2.24 bits per heavy atom. The maximum absolute atomic E-state index is 14.1. The number of carbonyl (C=O) groups excluding carboxylic acids is 2. The number of hydrogen-bond donors (Lipinski definition) is 1. The van der Waals surface area contributed by atoms with Crippen molar-refractivity contribution >= 4 is 11.9 Å². The zero-order valence-corrected chi connectivity index (χ0v) is 26.4. The van der Waals surface area contributed by atoms with Gasteiger partial charge >= 0.3 is 6.03 Å². The van der Waals surface area contributed by atoms with Gasteiger partial charge in [-0.25, -0.2) is 9.18 Å². The van der Waals surface area contributed by atoms with Crippen LogP contribution in [0.5, 0.6) is 17.2 Å². The lowest BCUT2D eigenvalue weighted by molar-refractivity contribution is -0.130. The van der Waals surface area contributed by atoms with Crippen molar-refractivity contribution in [3.8, 4) is 28.4 Å². The van der Waals surface area contributed by atoms with Crippen LogP contribution in [0.25, 0.3) is 11.1 Å². The van der Waals surface area contributed by atoms with E-state index in [0.717, 1.165) is 12.8 Å². The van der Waals surface area contributed by atoms with Crippen LogP contribution in [0, 0.1) is 19.7 Å². The van der Waals surface area contributed by atoms with Crippen LogP contribution in [0.1, 0.15) is 69.1 Å². The number of pyridine rings is 1. The number of fused-ring (bicyclic) bond motifs is 1. The number of carbonyl (C=O) groups is 2. The summed E-state index contributed by atoms with van der Waals surface area (Å²) in [6.07, 6.45) is 5.52. The first kappa shape index (κ1) is 30.8. The molecule has 3 heterocycles. The quantitative estimate of drug-likeness (QED) is 0.329. The van der Waals surface area contributed by atoms with E-state index in [9.17, 15) is 23.9 Å². The highest BCUT2D eigenvalue weighted by Gasteiger charge is 2.50. The molecule has 3 aromatic rings. The SMILES string of the molecule is Cc1cc(F)cc(C)c1Oc1ccc(C(C)(C)O)cc1-c1cn(C)c(=O)cc1OC1CCC(N2C(=O)[C@H]3CCCN3C2=O)CC1. The maximum atomic E-state index is 14.1. The van der Waals surface area contributed by atoms with Gasteiger partial charge in [-0.15, -0.1) is 0 Å². The number of benzene rings is 2. The molecule has 0 radical (unpaired) electrons. The number of halogens is 1. The monoisotopic (exact) mass is 617 g/mol. The number of ether oxygens (including phenoxy) is 2. The summed E-state index contributed by atoms with van der Waals surface area (Å²) in [5.41, 5.74) is 1.70. The van der Waals surface area contributed by atoms with Gasteiger partial charge in [0.1, 0.15) is 29.1 Å². The molecule has 1 aromatic heterocycles. The Kier molecular flexibility index (Phi) is 7.97. The molecule has 0 spiro atoms. The molecular formula is C35H40FN3O6. The molecule has 2 aliphatic heterocycles. The van der Waals surface area contributed by atoms with Crippen LogP contribution in [-0.2, 0) is 17.4 Å². The summed E-state index contributed by atoms with van der Waals surface area (Å²) < 4.78 is 28.5. The molecule has 0 unspecified atom stereocenters. The Morgan fingerprint density at radius 1 is 0.911 bits per heavy atom. The van der Waals surface area contributed by atoms with Gasteiger partial charge in [-0.3, -0.25) is 14.5 Å². The molecule has 1 atom stereocenters. The van der Waals surface area contributed by atoms with Gasteiger partial charge in [-0.2, -0.15) is 0 Å². The zero-order valence-electron chi connectivity index (χ0n) is 26.4. The van der Waals surface area contributed by atoms with Gasteiger partial charge in [0.15, 0.2) is 0 Å². The van der Waals surface area contributed by atoms with Crippen molar-refractivity contribution in [3.63, 3.8) is 0 Å². The summed E-state index contributed by atoms with van der Waals surface area (Å²) >= 11 is 0. The highest BCUT2D eigenvalue weighted by atomic mass is 19.1. The maximum Gasteiger partial charge on any atom is 0.327 e. The van der Waals surface area contributed by atoms with E-state index in [1.165, 1.54) is 27.7 Å². The molecule has 3 fully saturated rings. The third-order valence-electron chi connectivity index (χ3n) is 9.33. The average Bonchev–Trinajstić information content (AvgIpc) is 3.55.